The number of allylic oxidation sites excluding steroid dienone is 1. The molecule has 0 amide bonds. The summed E-state index contributed by atoms with van der Waals surface area (Å²) in [6.07, 6.45) is 28.6. The molecule has 2 radical (unpaired) electrons. The molecule has 2 unspecified atom stereocenters. The molecule has 0 bridgehead atoms. The van der Waals surface area contributed by atoms with Crippen molar-refractivity contribution in [2.75, 3.05) is 6.54 Å². The van der Waals surface area contributed by atoms with Crippen molar-refractivity contribution in [1.29, 1.82) is 0 Å². The maximum Gasteiger partial charge on any atom is 0.0671 e. The Hall–Kier alpha value is 0.465. The lowest BCUT2D eigenvalue weighted by Gasteiger charge is -2.11. The van der Waals surface area contributed by atoms with Gasteiger partial charge in [-0.2, -0.15) is 12.6 Å². The number of thiol groups is 1. The molecule has 0 spiro atoms. The predicted octanol–water partition coefficient (Wildman–Crippen LogP) is 12.2. The molecule has 4 heteroatoms. The van der Waals surface area contributed by atoms with Gasteiger partial charge in [-0.25, -0.2) is 0 Å². The number of hydrogen-bond donors (Lipinski definition) is 2. The summed E-state index contributed by atoms with van der Waals surface area (Å²) < 4.78 is 0.505. The van der Waals surface area contributed by atoms with Crippen molar-refractivity contribution in [2.24, 2.45) is 5.92 Å². The molecule has 0 aromatic heterocycles. The minimum atomic E-state index is 0.505. The highest BCUT2D eigenvalue weighted by Gasteiger charge is 2.24. The molecule has 1 fully saturated rings. The second-order valence-electron chi connectivity index (χ2n) is 10.5. The van der Waals surface area contributed by atoms with Crippen LogP contribution in [0.15, 0.2) is 12.2 Å². The predicted molar refractivity (Wildman–Crippen MR) is 183 cm³/mol. The Labute approximate surface area is 248 Å². The molecule has 1 rings (SSSR count). The Morgan fingerprint density at radius 3 is 1.35 bits per heavy atom. The fourth-order valence-corrected chi connectivity index (χ4v) is 5.30. The highest BCUT2D eigenvalue weighted by molar-refractivity contribution is 8.10. The lowest BCUT2D eigenvalue weighted by atomic mass is 10.0. The van der Waals surface area contributed by atoms with Crippen LogP contribution in [-0.4, -0.2) is 24.3 Å². The number of hydrogen-bond acceptors (Lipinski definition) is 3. The van der Waals surface area contributed by atoms with Gasteiger partial charge in [0.15, 0.2) is 0 Å². The van der Waals surface area contributed by atoms with E-state index in [0.717, 1.165) is 0 Å². The van der Waals surface area contributed by atoms with E-state index in [1.807, 2.05) is 25.6 Å². The number of nitrogens with one attached hydrogen (secondary N) is 1. The van der Waals surface area contributed by atoms with Crippen molar-refractivity contribution >= 4 is 32.2 Å². The van der Waals surface area contributed by atoms with E-state index in [9.17, 15) is 0 Å². The standard InChI is InChI=1S/C24H48.C6H13NS2.C2H6.CH3B/c1-4-6-7-8-9-10-11-12-13-14-15-16-17-18-19-20-21-22-23-24(3)5-2;1-4(2)6(8)9-5-3-7-5;2*1-2/h3-23H2,1-2H3;4-8H,3H2,1-2H3;1-2H3;1H3. The summed E-state index contributed by atoms with van der Waals surface area (Å²) in [5, 5.41) is 3.94. The van der Waals surface area contributed by atoms with Gasteiger partial charge in [0.25, 0.3) is 0 Å². The van der Waals surface area contributed by atoms with Crippen LogP contribution >= 0.6 is 24.4 Å². The van der Waals surface area contributed by atoms with E-state index in [-0.39, 0.29) is 0 Å². The normalized spacial score (nSPS) is 14.5. The molecule has 1 saturated heterocycles. The Morgan fingerprint density at radius 1 is 0.757 bits per heavy atom. The fourth-order valence-electron chi connectivity index (χ4n) is 3.92. The quantitative estimate of drug-likeness (QED) is 0.0327. The lowest BCUT2D eigenvalue weighted by Crippen LogP contribution is -2.04. The molecule has 2 atom stereocenters. The maximum atomic E-state index is 4.50. The number of thioether (sulfide) groups is 1. The Bertz CT molecular complexity index is 413. The van der Waals surface area contributed by atoms with Crippen LogP contribution in [0.1, 0.15) is 170 Å². The molecule has 1 nitrogen and oxygen atoms in total. The van der Waals surface area contributed by atoms with Crippen molar-refractivity contribution < 1.29 is 0 Å². The van der Waals surface area contributed by atoms with Gasteiger partial charge in [-0.15, -0.1) is 11.8 Å². The number of unbranched alkanes of at least 4 members (excludes halogenated alkanes) is 17. The van der Waals surface area contributed by atoms with Crippen molar-refractivity contribution in [1.82, 2.24) is 5.32 Å². The van der Waals surface area contributed by atoms with Crippen molar-refractivity contribution in [3.8, 4) is 0 Å². The molecule has 0 aromatic carbocycles. The zero-order valence-electron chi connectivity index (χ0n) is 26.7. The molecule has 1 heterocycles. The van der Waals surface area contributed by atoms with E-state index < -0.39 is 0 Å². The van der Waals surface area contributed by atoms with Crippen LogP contribution in [0, 0.1) is 5.92 Å². The maximum absolute atomic E-state index is 4.50. The van der Waals surface area contributed by atoms with E-state index in [1.165, 1.54) is 147 Å². The summed E-state index contributed by atoms with van der Waals surface area (Å²) in [4.78, 5) is 0. The Balaban J connectivity index is -0.000000730. The van der Waals surface area contributed by atoms with Gasteiger partial charge in [0.2, 0.25) is 0 Å². The SMILES string of the molecule is C=C(CC)CCCCCCCCCCCCCCCCCCCC.CC.CC(C)C(S)SC1CN1.[B]C. The first-order chi connectivity index (χ1) is 18.0. The zero-order chi connectivity index (χ0) is 28.6. The summed E-state index contributed by atoms with van der Waals surface area (Å²) in [6, 6.07) is 0. The number of rotatable bonds is 23. The fraction of sp³-hybridized carbons (Fsp3) is 0.939. The summed E-state index contributed by atoms with van der Waals surface area (Å²) in [5.74, 6) is 0.681. The Kier molecular flexibility index (Phi) is 41.3. The Morgan fingerprint density at radius 2 is 1.08 bits per heavy atom. The van der Waals surface area contributed by atoms with E-state index in [2.05, 4.69) is 60.1 Å². The molecular formula is C33H70BNS2. The van der Waals surface area contributed by atoms with Gasteiger partial charge in [-0.3, -0.25) is 0 Å². The summed E-state index contributed by atoms with van der Waals surface area (Å²) in [5.41, 5.74) is 1.44. The summed E-state index contributed by atoms with van der Waals surface area (Å²) >= 11 is 6.35. The monoisotopic (exact) mass is 556 g/mol. The van der Waals surface area contributed by atoms with Gasteiger partial charge < -0.3 is 5.32 Å². The van der Waals surface area contributed by atoms with Crippen molar-refractivity contribution in [2.45, 2.75) is 187 Å². The smallest absolute Gasteiger partial charge is 0.0671 e. The third-order valence-electron chi connectivity index (χ3n) is 6.63. The van der Waals surface area contributed by atoms with Gasteiger partial charge in [-0.05, 0) is 25.2 Å². The van der Waals surface area contributed by atoms with Crippen molar-refractivity contribution in [3.05, 3.63) is 12.2 Å². The van der Waals surface area contributed by atoms with Crippen LogP contribution in [0.25, 0.3) is 0 Å². The van der Waals surface area contributed by atoms with E-state index in [1.54, 1.807) is 0 Å². The van der Waals surface area contributed by atoms with Gasteiger partial charge in [0.1, 0.15) is 0 Å². The van der Waals surface area contributed by atoms with Crippen LogP contribution in [-0.2, 0) is 0 Å². The molecule has 37 heavy (non-hydrogen) atoms. The zero-order valence-corrected chi connectivity index (χ0v) is 28.4. The van der Waals surface area contributed by atoms with Crippen LogP contribution in [0.3, 0.4) is 0 Å². The minimum Gasteiger partial charge on any atom is -0.302 e. The van der Waals surface area contributed by atoms with Gasteiger partial charge in [-0.1, -0.05) is 170 Å². The molecule has 0 saturated carbocycles. The van der Waals surface area contributed by atoms with Gasteiger partial charge in [0, 0.05) is 6.54 Å². The molecule has 1 N–H and O–H groups in total. The molecule has 222 valence electrons. The largest absolute Gasteiger partial charge is 0.302 e. The highest BCUT2D eigenvalue weighted by atomic mass is 32.2. The van der Waals surface area contributed by atoms with Gasteiger partial charge >= 0.3 is 0 Å². The third kappa shape index (κ3) is 38.7. The topological polar surface area (TPSA) is 21.9 Å². The highest BCUT2D eigenvalue weighted by Crippen LogP contribution is 2.29. The molecule has 0 aromatic rings. The van der Waals surface area contributed by atoms with Crippen LogP contribution in [0.4, 0.5) is 0 Å². The third-order valence-corrected chi connectivity index (χ3v) is 9.08. The first kappa shape index (κ1) is 41.9. The second kappa shape index (κ2) is 36.5. The first-order valence-electron chi connectivity index (χ1n) is 16.3. The molecule has 1 aliphatic rings. The average molecular weight is 556 g/mol. The summed E-state index contributed by atoms with van der Waals surface area (Å²) in [7, 11) is 4.50. The minimum absolute atomic E-state index is 0.505. The lowest BCUT2D eigenvalue weighted by molar-refractivity contribution is 0.525. The molecule has 1 aliphatic heterocycles. The van der Waals surface area contributed by atoms with E-state index >= 15 is 0 Å². The molecular weight excluding hydrogens is 485 g/mol. The van der Waals surface area contributed by atoms with E-state index in [4.69, 9.17) is 0 Å². The van der Waals surface area contributed by atoms with E-state index in [0.29, 0.717) is 15.9 Å². The van der Waals surface area contributed by atoms with Crippen molar-refractivity contribution in [3.63, 3.8) is 0 Å². The second-order valence-corrected chi connectivity index (χ2v) is 12.8. The first-order valence-corrected chi connectivity index (χ1v) is 17.8. The average Bonchev–Trinajstić information content (AvgIpc) is 3.74. The van der Waals surface area contributed by atoms with Crippen LogP contribution < -0.4 is 5.32 Å². The van der Waals surface area contributed by atoms with Crippen LogP contribution in [0.2, 0.25) is 6.82 Å². The molecule has 0 aliphatic carbocycles. The van der Waals surface area contributed by atoms with Gasteiger partial charge in [0.05, 0.1) is 17.8 Å². The summed E-state index contributed by atoms with van der Waals surface area (Å²) in [6.45, 7) is 19.7. The van der Waals surface area contributed by atoms with Crippen LogP contribution in [0.5, 0.6) is 0 Å².